The number of carboxylic acid groups (broad SMARTS) is 1. The highest BCUT2D eigenvalue weighted by Crippen LogP contribution is 2.35. The van der Waals surface area contributed by atoms with Gasteiger partial charge in [0.15, 0.2) is 0 Å². The van der Waals surface area contributed by atoms with Crippen molar-refractivity contribution in [2.75, 3.05) is 19.6 Å². The number of hydrogen-bond donors (Lipinski definition) is 1. The van der Waals surface area contributed by atoms with Crippen LogP contribution in [0.15, 0.2) is 47.4 Å². The number of nitrogens with zero attached hydrogens (tertiary/aromatic N) is 2. The minimum atomic E-state index is -4.72. The summed E-state index contributed by atoms with van der Waals surface area (Å²) in [5, 5.41) is 9.43. The van der Waals surface area contributed by atoms with E-state index in [0.717, 1.165) is 24.1 Å². The van der Waals surface area contributed by atoms with Gasteiger partial charge in [0, 0.05) is 25.2 Å². The van der Waals surface area contributed by atoms with E-state index in [-0.39, 0.29) is 29.1 Å². The molecule has 37 heavy (non-hydrogen) atoms. The number of hydrogen-bond acceptors (Lipinski definition) is 5. The second-order valence-electron chi connectivity index (χ2n) is 9.93. The van der Waals surface area contributed by atoms with Gasteiger partial charge in [0.2, 0.25) is 10.0 Å². The summed E-state index contributed by atoms with van der Waals surface area (Å²) < 4.78 is 69.9. The number of alkyl halides is 3. The number of piperazine rings is 1. The third-order valence-corrected chi connectivity index (χ3v) is 9.28. The van der Waals surface area contributed by atoms with Gasteiger partial charge in [-0.1, -0.05) is 24.3 Å². The Balaban J connectivity index is 1.37. The molecule has 0 spiro atoms. The van der Waals surface area contributed by atoms with Crippen LogP contribution in [-0.2, 0) is 34.1 Å². The molecule has 1 heterocycles. The smallest absolute Gasteiger partial charge is 0.481 e. The average molecular weight is 541 g/mol. The summed E-state index contributed by atoms with van der Waals surface area (Å²) in [6, 6.07) is 10.3. The Morgan fingerprint density at radius 3 is 2.30 bits per heavy atom. The molecule has 0 saturated carbocycles. The summed E-state index contributed by atoms with van der Waals surface area (Å²) in [6.45, 7) is 5.58. The molecular formula is C26H31F3N2O5S. The monoisotopic (exact) mass is 540 g/mol. The van der Waals surface area contributed by atoms with Gasteiger partial charge in [0.25, 0.3) is 0 Å². The predicted molar refractivity (Wildman–Crippen MR) is 131 cm³/mol. The Hall–Kier alpha value is -2.63. The van der Waals surface area contributed by atoms with Gasteiger partial charge in [-0.3, -0.25) is 4.79 Å². The third-order valence-electron chi connectivity index (χ3n) is 7.06. The number of benzene rings is 2. The molecule has 1 unspecified atom stereocenters. The number of sulfonamides is 1. The fourth-order valence-electron chi connectivity index (χ4n) is 5.59. The van der Waals surface area contributed by atoms with Crippen molar-refractivity contribution in [1.29, 1.82) is 0 Å². The van der Waals surface area contributed by atoms with Crippen molar-refractivity contribution in [2.24, 2.45) is 5.92 Å². The number of ether oxygens (including phenoxy) is 1. The highest BCUT2D eigenvalue weighted by atomic mass is 32.2. The second-order valence-corrected chi connectivity index (χ2v) is 11.7. The second kappa shape index (κ2) is 10.6. The molecule has 4 rings (SSSR count). The molecular weight excluding hydrogens is 509 g/mol. The van der Waals surface area contributed by atoms with Crippen LogP contribution in [-0.4, -0.2) is 66.8 Å². The van der Waals surface area contributed by atoms with Crippen molar-refractivity contribution in [2.45, 2.75) is 62.9 Å². The Kier molecular flexibility index (Phi) is 7.87. The molecule has 2 aromatic carbocycles. The van der Waals surface area contributed by atoms with E-state index in [9.17, 15) is 31.5 Å². The maximum atomic E-state index is 13.7. The van der Waals surface area contributed by atoms with E-state index in [4.69, 9.17) is 0 Å². The van der Waals surface area contributed by atoms with Crippen molar-refractivity contribution >= 4 is 16.0 Å². The van der Waals surface area contributed by atoms with Crippen LogP contribution in [0.25, 0.3) is 0 Å². The van der Waals surface area contributed by atoms with Crippen molar-refractivity contribution in [3.8, 4) is 5.75 Å². The zero-order valence-corrected chi connectivity index (χ0v) is 21.6. The van der Waals surface area contributed by atoms with Crippen molar-refractivity contribution in [3.63, 3.8) is 0 Å². The van der Waals surface area contributed by atoms with Gasteiger partial charge < -0.3 is 14.7 Å². The van der Waals surface area contributed by atoms with E-state index in [2.05, 4.69) is 9.64 Å². The first kappa shape index (κ1) is 27.4. The molecule has 1 aliphatic carbocycles. The maximum absolute atomic E-state index is 13.7. The number of fused-ring (bicyclic) bond motifs is 1. The van der Waals surface area contributed by atoms with Crippen LogP contribution in [0.1, 0.15) is 37.0 Å². The number of carbonyl (C=O) groups is 1. The molecule has 202 valence electrons. The summed E-state index contributed by atoms with van der Waals surface area (Å²) in [7, 11) is -3.82. The molecule has 7 nitrogen and oxygen atoms in total. The Bertz CT molecular complexity index is 1220. The molecule has 0 radical (unpaired) electrons. The van der Waals surface area contributed by atoms with Crippen LogP contribution in [0.3, 0.4) is 0 Å². The Morgan fingerprint density at radius 2 is 1.70 bits per heavy atom. The molecule has 0 amide bonds. The number of aliphatic carboxylic acids is 1. The Labute approximate surface area is 214 Å². The van der Waals surface area contributed by atoms with Crippen LogP contribution < -0.4 is 4.74 Å². The minimum absolute atomic E-state index is 0.207. The van der Waals surface area contributed by atoms with Crippen molar-refractivity contribution in [3.05, 3.63) is 59.2 Å². The SMILES string of the molecule is C[C@@H]1CN(CCCc2ccc(OC(F)(F)F)cc2)C[C@H](C)N1S(=O)(=O)c1cccc2c1CC(C(=O)O)C2. The molecule has 3 atom stereocenters. The van der Waals surface area contributed by atoms with Gasteiger partial charge in [-0.15, -0.1) is 13.2 Å². The summed E-state index contributed by atoms with van der Waals surface area (Å²) in [5.74, 6) is -1.77. The fourth-order valence-corrected chi connectivity index (χ4v) is 7.67. The van der Waals surface area contributed by atoms with E-state index in [1.807, 2.05) is 13.8 Å². The van der Waals surface area contributed by atoms with E-state index in [1.54, 1.807) is 34.6 Å². The molecule has 2 aliphatic rings. The first-order valence-corrected chi connectivity index (χ1v) is 13.7. The fraction of sp³-hybridized carbons (Fsp3) is 0.500. The van der Waals surface area contributed by atoms with Crippen LogP contribution in [0.5, 0.6) is 5.75 Å². The standard InChI is InChI=1S/C26H31F3N2O5S/c1-17-15-30(12-4-5-19-8-10-22(11-9-19)36-26(27,28)29)16-18(2)31(17)37(34,35)24-7-3-6-20-13-21(25(32)33)14-23(20)24/h3,6-11,17-18,21H,4-5,12-16H2,1-2H3,(H,32,33)/t17-,18+,21?. The maximum Gasteiger partial charge on any atom is 0.573 e. The van der Waals surface area contributed by atoms with E-state index >= 15 is 0 Å². The van der Waals surface area contributed by atoms with E-state index < -0.39 is 28.3 Å². The summed E-state index contributed by atoms with van der Waals surface area (Å²) in [6.07, 6.45) is -2.72. The first-order chi connectivity index (χ1) is 17.3. The average Bonchev–Trinajstić information content (AvgIpc) is 3.23. The van der Waals surface area contributed by atoms with Crippen molar-refractivity contribution in [1.82, 2.24) is 9.21 Å². The lowest BCUT2D eigenvalue weighted by molar-refractivity contribution is -0.274. The highest BCUT2D eigenvalue weighted by molar-refractivity contribution is 7.89. The molecule has 2 aromatic rings. The van der Waals surface area contributed by atoms with Crippen LogP contribution in [0, 0.1) is 5.92 Å². The summed E-state index contributed by atoms with van der Waals surface area (Å²) in [4.78, 5) is 13.9. The minimum Gasteiger partial charge on any atom is -0.481 e. The summed E-state index contributed by atoms with van der Waals surface area (Å²) in [5.41, 5.74) is 2.29. The summed E-state index contributed by atoms with van der Waals surface area (Å²) >= 11 is 0. The molecule has 1 saturated heterocycles. The van der Waals surface area contributed by atoms with Gasteiger partial charge in [0.05, 0.1) is 10.8 Å². The third kappa shape index (κ3) is 6.27. The number of aryl methyl sites for hydroxylation is 1. The van der Waals surface area contributed by atoms with Gasteiger partial charge >= 0.3 is 12.3 Å². The van der Waals surface area contributed by atoms with E-state index in [1.165, 1.54) is 12.1 Å². The zero-order valence-electron chi connectivity index (χ0n) is 20.7. The van der Waals surface area contributed by atoms with Crippen molar-refractivity contribution < 1.29 is 36.2 Å². The molecule has 11 heteroatoms. The lowest BCUT2D eigenvalue weighted by Crippen LogP contribution is -2.58. The lowest BCUT2D eigenvalue weighted by atomic mass is 10.1. The van der Waals surface area contributed by atoms with Gasteiger partial charge in [0.1, 0.15) is 5.75 Å². The van der Waals surface area contributed by atoms with Gasteiger partial charge in [-0.25, -0.2) is 8.42 Å². The quantitative estimate of drug-likeness (QED) is 0.543. The molecule has 0 bridgehead atoms. The lowest BCUT2D eigenvalue weighted by Gasteiger charge is -2.43. The molecule has 0 aromatic heterocycles. The largest absolute Gasteiger partial charge is 0.573 e. The highest BCUT2D eigenvalue weighted by Gasteiger charge is 2.41. The normalized spacial score (nSPS) is 23.1. The predicted octanol–water partition coefficient (Wildman–Crippen LogP) is 4.10. The topological polar surface area (TPSA) is 87.2 Å². The Morgan fingerprint density at radius 1 is 1.05 bits per heavy atom. The first-order valence-electron chi connectivity index (χ1n) is 12.3. The van der Waals surface area contributed by atoms with Crippen LogP contribution >= 0.6 is 0 Å². The van der Waals surface area contributed by atoms with Crippen LogP contribution in [0.4, 0.5) is 13.2 Å². The van der Waals surface area contributed by atoms with E-state index in [0.29, 0.717) is 31.5 Å². The molecule has 1 aliphatic heterocycles. The number of halogens is 3. The van der Waals surface area contributed by atoms with Gasteiger partial charge in [-0.2, -0.15) is 4.31 Å². The zero-order chi connectivity index (χ0) is 27.0. The molecule has 1 N–H and O–H groups in total. The van der Waals surface area contributed by atoms with Gasteiger partial charge in [-0.05, 0) is 81.0 Å². The number of carboxylic acids is 1. The molecule has 1 fully saturated rings. The number of rotatable bonds is 8. The van der Waals surface area contributed by atoms with Crippen LogP contribution in [0.2, 0.25) is 0 Å².